The lowest BCUT2D eigenvalue weighted by Gasteiger charge is -2.51. The van der Waals surface area contributed by atoms with Gasteiger partial charge in [-0.1, -0.05) is 12.8 Å². The number of esters is 1. The molecule has 4 rings (SSSR count). The van der Waals surface area contributed by atoms with Gasteiger partial charge in [0, 0.05) is 18.5 Å². The molecule has 1 unspecified atom stereocenters. The van der Waals surface area contributed by atoms with Crippen LogP contribution in [0.3, 0.4) is 0 Å². The van der Waals surface area contributed by atoms with Crippen LogP contribution in [0.5, 0.6) is 0 Å². The molecule has 6 heteroatoms. The van der Waals surface area contributed by atoms with Crippen LogP contribution in [-0.2, 0) is 31.1 Å². The van der Waals surface area contributed by atoms with Crippen molar-refractivity contribution in [2.24, 2.45) is 5.41 Å². The molecule has 0 aromatic carbocycles. The lowest BCUT2D eigenvalue weighted by atomic mass is 9.57. The number of carbonyl (C=O) groups is 3. The zero-order chi connectivity index (χ0) is 16.2. The Balaban J connectivity index is 2.00. The van der Waals surface area contributed by atoms with Gasteiger partial charge in [-0.05, 0) is 25.8 Å². The first kappa shape index (κ1) is 14.5. The van der Waals surface area contributed by atoms with Gasteiger partial charge in [0.15, 0.2) is 5.41 Å². The van der Waals surface area contributed by atoms with Gasteiger partial charge >= 0.3 is 5.97 Å². The summed E-state index contributed by atoms with van der Waals surface area (Å²) in [7, 11) is 0. The monoisotopic (exact) mass is 317 g/mol. The average molecular weight is 317 g/mol. The standard InChI is InChI=1S/C17H19NO5/c1-2-22-15(21)16-7-3-4-8-17(16)11-6-10-23-12(11)5-9-18(17)14(20)13(16)19/h6,10H,2-5,7-9H2,1H3/t16-,17?/m0/s1. The van der Waals surface area contributed by atoms with Crippen molar-refractivity contribution >= 4 is 17.7 Å². The summed E-state index contributed by atoms with van der Waals surface area (Å²) in [5.74, 6) is -0.939. The highest BCUT2D eigenvalue weighted by Crippen LogP contribution is 2.61. The minimum absolute atomic E-state index is 0.191. The Morgan fingerprint density at radius 1 is 1.35 bits per heavy atom. The van der Waals surface area contributed by atoms with E-state index in [0.29, 0.717) is 25.8 Å². The lowest BCUT2D eigenvalue weighted by molar-refractivity contribution is -0.169. The van der Waals surface area contributed by atoms with Gasteiger partial charge < -0.3 is 14.1 Å². The quantitative estimate of drug-likeness (QED) is 0.470. The second-order valence-electron chi connectivity index (χ2n) is 6.49. The Labute approximate surface area is 133 Å². The summed E-state index contributed by atoms with van der Waals surface area (Å²) in [6, 6.07) is 1.81. The highest BCUT2D eigenvalue weighted by molar-refractivity contribution is 6.45. The van der Waals surface area contributed by atoms with E-state index in [1.165, 1.54) is 0 Å². The van der Waals surface area contributed by atoms with E-state index in [4.69, 9.17) is 9.15 Å². The van der Waals surface area contributed by atoms with Gasteiger partial charge in [0.2, 0.25) is 5.78 Å². The lowest BCUT2D eigenvalue weighted by Crippen LogP contribution is -2.60. The zero-order valence-electron chi connectivity index (χ0n) is 13.1. The number of Topliss-reactive ketones (excluding diaryl/α,β-unsaturated/α-hetero) is 1. The summed E-state index contributed by atoms with van der Waals surface area (Å²) in [5.41, 5.74) is -1.53. The van der Waals surface area contributed by atoms with E-state index in [-0.39, 0.29) is 6.61 Å². The van der Waals surface area contributed by atoms with E-state index in [1.807, 2.05) is 6.07 Å². The molecule has 2 atom stereocenters. The zero-order valence-corrected chi connectivity index (χ0v) is 13.1. The van der Waals surface area contributed by atoms with E-state index in [9.17, 15) is 14.4 Å². The number of ether oxygens (including phenoxy) is 1. The maximum Gasteiger partial charge on any atom is 0.323 e. The number of nitrogens with zero attached hydrogens (tertiary/aromatic N) is 1. The molecule has 122 valence electrons. The average Bonchev–Trinajstić information content (AvgIpc) is 3.10. The number of hydrogen-bond acceptors (Lipinski definition) is 5. The second kappa shape index (κ2) is 4.69. The van der Waals surface area contributed by atoms with E-state index < -0.39 is 28.6 Å². The SMILES string of the molecule is CCOC(=O)[C@@]12CCCCC13c1ccoc1CCN3C(=O)C2=O. The molecule has 2 aliphatic heterocycles. The van der Waals surface area contributed by atoms with Crippen molar-refractivity contribution < 1.29 is 23.5 Å². The maximum absolute atomic E-state index is 12.9. The Kier molecular flexibility index (Phi) is 2.95. The van der Waals surface area contributed by atoms with Gasteiger partial charge in [0.25, 0.3) is 5.91 Å². The first-order valence-electron chi connectivity index (χ1n) is 8.20. The molecule has 6 nitrogen and oxygen atoms in total. The molecule has 1 saturated carbocycles. The summed E-state index contributed by atoms with van der Waals surface area (Å²) >= 11 is 0. The van der Waals surface area contributed by atoms with Crippen molar-refractivity contribution in [2.45, 2.75) is 44.6 Å². The van der Waals surface area contributed by atoms with Gasteiger partial charge in [-0.15, -0.1) is 0 Å². The van der Waals surface area contributed by atoms with Crippen molar-refractivity contribution in [1.82, 2.24) is 4.90 Å². The molecule has 2 fully saturated rings. The number of furan rings is 1. The third-order valence-electron chi connectivity index (χ3n) is 5.71. The molecule has 1 spiro atoms. The van der Waals surface area contributed by atoms with Gasteiger partial charge in [-0.2, -0.15) is 0 Å². The van der Waals surface area contributed by atoms with Crippen molar-refractivity contribution in [3.8, 4) is 0 Å². The van der Waals surface area contributed by atoms with Crippen LogP contribution in [0.25, 0.3) is 0 Å². The van der Waals surface area contributed by atoms with Crippen LogP contribution < -0.4 is 0 Å². The summed E-state index contributed by atoms with van der Waals surface area (Å²) in [5, 5.41) is 0. The van der Waals surface area contributed by atoms with Crippen LogP contribution in [0, 0.1) is 5.41 Å². The summed E-state index contributed by atoms with van der Waals surface area (Å²) in [6.45, 7) is 2.32. The first-order chi connectivity index (χ1) is 11.1. The second-order valence-corrected chi connectivity index (χ2v) is 6.49. The topological polar surface area (TPSA) is 76.8 Å². The van der Waals surface area contributed by atoms with Crippen LogP contribution in [0.4, 0.5) is 0 Å². The van der Waals surface area contributed by atoms with E-state index in [0.717, 1.165) is 24.2 Å². The minimum Gasteiger partial charge on any atom is -0.469 e. The molecule has 0 radical (unpaired) electrons. The Bertz CT molecular complexity index is 708. The van der Waals surface area contributed by atoms with E-state index in [1.54, 1.807) is 18.1 Å². The highest BCUT2D eigenvalue weighted by atomic mass is 16.5. The fourth-order valence-electron chi connectivity index (χ4n) is 4.87. The van der Waals surface area contributed by atoms with Crippen LogP contribution >= 0.6 is 0 Å². The third-order valence-corrected chi connectivity index (χ3v) is 5.71. The van der Waals surface area contributed by atoms with Crippen molar-refractivity contribution in [3.63, 3.8) is 0 Å². The summed E-state index contributed by atoms with van der Waals surface area (Å²) < 4.78 is 10.8. The van der Waals surface area contributed by atoms with Gasteiger partial charge in [0.1, 0.15) is 5.76 Å². The first-order valence-corrected chi connectivity index (χ1v) is 8.20. The fourth-order valence-corrected chi connectivity index (χ4v) is 4.87. The van der Waals surface area contributed by atoms with Crippen LogP contribution in [0.1, 0.15) is 43.9 Å². The van der Waals surface area contributed by atoms with Crippen LogP contribution in [0.15, 0.2) is 16.7 Å². The molecular weight excluding hydrogens is 298 g/mol. The molecule has 1 aromatic heterocycles. The number of carbonyl (C=O) groups excluding carboxylic acids is 3. The van der Waals surface area contributed by atoms with Crippen molar-refractivity contribution in [2.75, 3.05) is 13.2 Å². The van der Waals surface area contributed by atoms with Crippen molar-refractivity contribution in [3.05, 3.63) is 23.7 Å². The summed E-state index contributed by atoms with van der Waals surface area (Å²) in [6.07, 6.45) is 4.71. The number of rotatable bonds is 2. The smallest absolute Gasteiger partial charge is 0.323 e. The van der Waals surface area contributed by atoms with E-state index in [2.05, 4.69) is 0 Å². The predicted molar refractivity (Wildman–Crippen MR) is 78.3 cm³/mol. The predicted octanol–water partition coefficient (Wildman–Crippen LogP) is 1.57. The molecule has 1 amide bonds. The Morgan fingerprint density at radius 3 is 2.91 bits per heavy atom. The van der Waals surface area contributed by atoms with Crippen LogP contribution in [-0.4, -0.2) is 35.7 Å². The maximum atomic E-state index is 12.9. The largest absolute Gasteiger partial charge is 0.469 e. The molecular formula is C17H19NO5. The number of fused-ring (bicyclic) bond motifs is 1. The summed E-state index contributed by atoms with van der Waals surface area (Å²) in [4.78, 5) is 40.1. The van der Waals surface area contributed by atoms with Gasteiger partial charge in [-0.25, -0.2) is 0 Å². The molecule has 0 N–H and O–H groups in total. The molecule has 3 aliphatic rings. The number of amides is 1. The number of hydrogen-bond donors (Lipinski definition) is 0. The molecule has 23 heavy (non-hydrogen) atoms. The van der Waals surface area contributed by atoms with Gasteiger partial charge in [-0.3, -0.25) is 14.4 Å². The molecule has 0 bridgehead atoms. The molecule has 3 heterocycles. The minimum atomic E-state index is -1.42. The van der Waals surface area contributed by atoms with Gasteiger partial charge in [0.05, 0.1) is 18.4 Å². The normalized spacial score (nSPS) is 32.3. The number of ketones is 1. The fraction of sp³-hybridized carbons (Fsp3) is 0.588. The Hall–Kier alpha value is -2.11. The van der Waals surface area contributed by atoms with Crippen LogP contribution in [0.2, 0.25) is 0 Å². The third kappa shape index (κ3) is 1.47. The Morgan fingerprint density at radius 2 is 2.13 bits per heavy atom. The molecule has 1 aromatic rings. The van der Waals surface area contributed by atoms with E-state index >= 15 is 0 Å². The molecule has 1 aliphatic carbocycles. The molecule has 1 saturated heterocycles. The van der Waals surface area contributed by atoms with Crippen molar-refractivity contribution in [1.29, 1.82) is 0 Å². The highest BCUT2D eigenvalue weighted by Gasteiger charge is 2.75.